The fraction of sp³-hybridized carbons (Fsp3) is 0.655. The predicted molar refractivity (Wildman–Crippen MR) is 138 cm³/mol. The number of carbonyl (C=O) groups excluding carboxylic acids is 2. The van der Waals surface area contributed by atoms with Crippen molar-refractivity contribution < 1.29 is 14.3 Å². The molecule has 32 heavy (non-hydrogen) atoms. The topological polar surface area (TPSA) is 43.4 Å². The highest BCUT2D eigenvalue weighted by Gasteiger charge is 2.42. The molecule has 0 spiro atoms. The zero-order chi connectivity index (χ0) is 24.7. The first-order chi connectivity index (χ1) is 14.9. The Kier molecular flexibility index (Phi) is 14.9. The Hall–Kier alpha value is -1.90. The second-order valence-electron chi connectivity index (χ2n) is 9.82. The van der Waals surface area contributed by atoms with Gasteiger partial charge in [-0.1, -0.05) is 60.4 Å². The summed E-state index contributed by atoms with van der Waals surface area (Å²) in [7, 11) is 0. The standard InChI is InChI=1S/C29H48O3/c1-10-32-28(31)29(9,27(30)23(4)5)21-20-26(8)19-13-18-25(7)17-12-16-24(6)15-11-14-22(2)3/h14,16,18,20,23H,10-13,15,17,19,21H2,1-9H3. The molecule has 182 valence electrons. The van der Waals surface area contributed by atoms with E-state index in [1.165, 1.54) is 22.3 Å². The van der Waals surface area contributed by atoms with Crippen LogP contribution in [0.25, 0.3) is 0 Å². The highest BCUT2D eigenvalue weighted by atomic mass is 16.5. The van der Waals surface area contributed by atoms with E-state index in [4.69, 9.17) is 4.74 Å². The molecule has 3 nitrogen and oxygen atoms in total. The van der Waals surface area contributed by atoms with Crippen LogP contribution in [0.4, 0.5) is 0 Å². The van der Waals surface area contributed by atoms with Crippen molar-refractivity contribution in [3.63, 3.8) is 0 Å². The minimum absolute atomic E-state index is 0.0556. The van der Waals surface area contributed by atoms with Crippen LogP contribution in [0, 0.1) is 11.3 Å². The Balaban J connectivity index is 4.70. The van der Waals surface area contributed by atoms with Gasteiger partial charge in [0.1, 0.15) is 5.41 Å². The van der Waals surface area contributed by atoms with Crippen LogP contribution in [-0.2, 0) is 14.3 Å². The molecule has 0 aliphatic rings. The molecule has 0 saturated carbocycles. The van der Waals surface area contributed by atoms with Crippen LogP contribution in [0.5, 0.6) is 0 Å². The summed E-state index contributed by atoms with van der Waals surface area (Å²) in [6.45, 7) is 18.2. The number of hydrogen-bond donors (Lipinski definition) is 0. The number of hydrogen-bond acceptors (Lipinski definition) is 3. The van der Waals surface area contributed by atoms with Gasteiger partial charge in [-0.2, -0.15) is 0 Å². The van der Waals surface area contributed by atoms with Gasteiger partial charge in [-0.3, -0.25) is 9.59 Å². The molecule has 0 aliphatic carbocycles. The first-order valence-electron chi connectivity index (χ1n) is 12.3. The fourth-order valence-electron chi connectivity index (χ4n) is 3.58. The zero-order valence-electron chi connectivity index (χ0n) is 22.3. The normalized spacial score (nSPS) is 14.9. The molecule has 0 bridgehead atoms. The van der Waals surface area contributed by atoms with Crippen molar-refractivity contribution in [3.05, 3.63) is 46.6 Å². The molecule has 3 heteroatoms. The lowest BCUT2D eigenvalue weighted by molar-refractivity contribution is -0.159. The molecule has 0 amide bonds. The summed E-state index contributed by atoms with van der Waals surface area (Å²) >= 11 is 0. The minimum atomic E-state index is -1.10. The number of carbonyl (C=O) groups is 2. The van der Waals surface area contributed by atoms with E-state index in [1.54, 1.807) is 13.8 Å². The second-order valence-corrected chi connectivity index (χ2v) is 9.82. The molecule has 1 atom stereocenters. The van der Waals surface area contributed by atoms with Crippen LogP contribution >= 0.6 is 0 Å². The van der Waals surface area contributed by atoms with Crippen LogP contribution in [0.15, 0.2) is 46.6 Å². The first kappa shape index (κ1) is 30.1. The Morgan fingerprint density at radius 3 is 1.62 bits per heavy atom. The number of Topliss-reactive ketones (excluding diaryl/α,β-unsaturated/α-hetero) is 1. The lowest BCUT2D eigenvalue weighted by Gasteiger charge is -2.26. The van der Waals surface area contributed by atoms with Crippen molar-refractivity contribution >= 4 is 11.8 Å². The summed E-state index contributed by atoms with van der Waals surface area (Å²) in [6.07, 6.45) is 15.8. The molecular formula is C29H48O3. The van der Waals surface area contributed by atoms with Gasteiger partial charge in [0, 0.05) is 5.92 Å². The zero-order valence-corrected chi connectivity index (χ0v) is 22.3. The van der Waals surface area contributed by atoms with E-state index in [1.807, 2.05) is 19.9 Å². The second kappa shape index (κ2) is 15.8. The average molecular weight is 445 g/mol. The lowest BCUT2D eigenvalue weighted by Crippen LogP contribution is -2.40. The van der Waals surface area contributed by atoms with E-state index >= 15 is 0 Å². The van der Waals surface area contributed by atoms with Crippen molar-refractivity contribution in [1.82, 2.24) is 0 Å². The van der Waals surface area contributed by atoms with E-state index in [0.717, 1.165) is 38.5 Å². The van der Waals surface area contributed by atoms with E-state index < -0.39 is 11.4 Å². The molecule has 0 saturated heterocycles. The Morgan fingerprint density at radius 2 is 1.22 bits per heavy atom. The third-order valence-electron chi connectivity index (χ3n) is 5.81. The van der Waals surface area contributed by atoms with Gasteiger partial charge in [-0.15, -0.1) is 0 Å². The van der Waals surface area contributed by atoms with Crippen molar-refractivity contribution in [1.29, 1.82) is 0 Å². The maximum atomic E-state index is 12.7. The summed E-state index contributed by atoms with van der Waals surface area (Å²) < 4.78 is 5.20. The summed E-state index contributed by atoms with van der Waals surface area (Å²) in [5.74, 6) is -0.670. The van der Waals surface area contributed by atoms with Gasteiger partial charge in [0.25, 0.3) is 0 Å². The molecule has 0 heterocycles. The maximum absolute atomic E-state index is 12.7. The van der Waals surface area contributed by atoms with Crippen molar-refractivity contribution in [2.24, 2.45) is 11.3 Å². The third kappa shape index (κ3) is 12.2. The van der Waals surface area contributed by atoms with Crippen molar-refractivity contribution in [3.8, 4) is 0 Å². The van der Waals surface area contributed by atoms with Crippen LogP contribution < -0.4 is 0 Å². The molecule has 0 aromatic carbocycles. The molecule has 0 rings (SSSR count). The lowest BCUT2D eigenvalue weighted by atomic mass is 9.77. The molecule has 0 aliphatic heterocycles. The summed E-state index contributed by atoms with van der Waals surface area (Å²) in [5.41, 5.74) is 4.37. The molecule has 0 radical (unpaired) electrons. The predicted octanol–water partition coefficient (Wildman–Crippen LogP) is 8.32. The highest BCUT2D eigenvalue weighted by Crippen LogP contribution is 2.30. The number of allylic oxidation sites excluding steroid dienone is 8. The van der Waals surface area contributed by atoms with Crippen molar-refractivity contribution in [2.75, 3.05) is 6.61 Å². The van der Waals surface area contributed by atoms with Gasteiger partial charge in [0.2, 0.25) is 0 Å². The number of ether oxygens (including phenoxy) is 1. The SMILES string of the molecule is CCOC(=O)C(C)(CC=C(C)CCC=C(C)CCC=C(C)CCC=C(C)C)C(=O)C(C)C. The smallest absolute Gasteiger partial charge is 0.319 e. The summed E-state index contributed by atoms with van der Waals surface area (Å²) in [5, 5.41) is 0. The number of ketones is 1. The van der Waals surface area contributed by atoms with Crippen LogP contribution in [0.1, 0.15) is 107 Å². The number of esters is 1. The van der Waals surface area contributed by atoms with E-state index in [-0.39, 0.29) is 18.3 Å². The molecule has 0 aromatic heterocycles. The van der Waals surface area contributed by atoms with Crippen LogP contribution in [0.2, 0.25) is 0 Å². The van der Waals surface area contributed by atoms with Crippen LogP contribution in [0.3, 0.4) is 0 Å². The molecule has 0 fully saturated rings. The van der Waals surface area contributed by atoms with E-state index in [2.05, 4.69) is 52.8 Å². The Labute approximate surface area is 198 Å². The van der Waals surface area contributed by atoms with Crippen LogP contribution in [-0.4, -0.2) is 18.4 Å². The third-order valence-corrected chi connectivity index (χ3v) is 5.81. The largest absolute Gasteiger partial charge is 0.465 e. The number of rotatable bonds is 15. The monoisotopic (exact) mass is 444 g/mol. The summed E-state index contributed by atoms with van der Waals surface area (Å²) in [6, 6.07) is 0. The highest BCUT2D eigenvalue weighted by molar-refractivity contribution is 6.04. The van der Waals surface area contributed by atoms with E-state index in [9.17, 15) is 9.59 Å². The quantitative estimate of drug-likeness (QED) is 0.145. The van der Waals surface area contributed by atoms with Gasteiger partial charge in [0.15, 0.2) is 5.78 Å². The van der Waals surface area contributed by atoms with Gasteiger partial charge in [0.05, 0.1) is 6.61 Å². The first-order valence-corrected chi connectivity index (χ1v) is 12.3. The maximum Gasteiger partial charge on any atom is 0.319 e. The van der Waals surface area contributed by atoms with Gasteiger partial charge < -0.3 is 4.74 Å². The molecule has 0 N–H and O–H groups in total. The van der Waals surface area contributed by atoms with E-state index in [0.29, 0.717) is 6.42 Å². The molecular weight excluding hydrogens is 396 g/mol. The Bertz CT molecular complexity index is 715. The van der Waals surface area contributed by atoms with Crippen molar-refractivity contribution in [2.45, 2.75) is 107 Å². The molecule has 0 aromatic rings. The van der Waals surface area contributed by atoms with Gasteiger partial charge in [-0.25, -0.2) is 0 Å². The molecule has 1 unspecified atom stereocenters. The Morgan fingerprint density at radius 1 is 0.781 bits per heavy atom. The van der Waals surface area contributed by atoms with Gasteiger partial charge >= 0.3 is 5.97 Å². The average Bonchev–Trinajstić information content (AvgIpc) is 2.71. The fourth-order valence-corrected chi connectivity index (χ4v) is 3.58. The summed E-state index contributed by atoms with van der Waals surface area (Å²) in [4.78, 5) is 25.2. The minimum Gasteiger partial charge on any atom is -0.465 e. The van der Waals surface area contributed by atoms with Gasteiger partial charge in [-0.05, 0) is 93.4 Å².